The van der Waals surface area contributed by atoms with Crippen LogP contribution >= 0.6 is 0 Å². The van der Waals surface area contributed by atoms with E-state index in [-0.39, 0.29) is 22.8 Å². The van der Waals surface area contributed by atoms with Crippen molar-refractivity contribution in [3.63, 3.8) is 0 Å². The third kappa shape index (κ3) is 3.27. The lowest BCUT2D eigenvalue weighted by molar-refractivity contribution is -0.386. The molecule has 0 heterocycles. The summed E-state index contributed by atoms with van der Waals surface area (Å²) in [5, 5.41) is 10.8. The van der Waals surface area contributed by atoms with E-state index in [9.17, 15) is 10.1 Å². The Balaban J connectivity index is 1.92. The predicted octanol–water partition coefficient (Wildman–Crippen LogP) is 2.38. The van der Waals surface area contributed by atoms with Gasteiger partial charge < -0.3 is 10.5 Å². The van der Waals surface area contributed by atoms with Gasteiger partial charge in [-0.05, 0) is 31.7 Å². The fraction of sp³-hybridized carbons (Fsp3) is 0.538. The third-order valence-corrected chi connectivity index (χ3v) is 3.38. The van der Waals surface area contributed by atoms with E-state index in [2.05, 4.69) is 0 Å². The first-order chi connectivity index (χ1) is 8.66. The summed E-state index contributed by atoms with van der Waals surface area (Å²) < 4.78 is 5.75. The molecular formula is C13H18N2O3. The normalized spacial score (nSPS) is 23.8. The predicted molar refractivity (Wildman–Crippen MR) is 68.1 cm³/mol. The summed E-state index contributed by atoms with van der Waals surface area (Å²) in [4.78, 5) is 10.5. The van der Waals surface area contributed by atoms with Gasteiger partial charge in [0.1, 0.15) is 0 Å². The summed E-state index contributed by atoms with van der Waals surface area (Å²) in [6.45, 7) is 0.303. The Morgan fingerprint density at radius 1 is 1.28 bits per heavy atom. The molecule has 2 rings (SSSR count). The first-order valence-electron chi connectivity index (χ1n) is 6.26. The lowest BCUT2D eigenvalue weighted by Gasteiger charge is -2.26. The minimum absolute atomic E-state index is 0.130. The van der Waals surface area contributed by atoms with Crippen LogP contribution < -0.4 is 5.73 Å². The van der Waals surface area contributed by atoms with Gasteiger partial charge in [0.25, 0.3) is 5.69 Å². The van der Waals surface area contributed by atoms with Crippen LogP contribution in [0.5, 0.6) is 0 Å². The number of para-hydroxylation sites is 1. The van der Waals surface area contributed by atoms with Gasteiger partial charge in [-0.3, -0.25) is 10.1 Å². The molecule has 5 heteroatoms. The zero-order valence-corrected chi connectivity index (χ0v) is 10.2. The lowest BCUT2D eigenvalue weighted by Crippen LogP contribution is -2.30. The van der Waals surface area contributed by atoms with E-state index in [1.165, 1.54) is 6.07 Å². The van der Waals surface area contributed by atoms with Crippen molar-refractivity contribution in [2.75, 3.05) is 0 Å². The number of hydrogen-bond acceptors (Lipinski definition) is 4. The van der Waals surface area contributed by atoms with E-state index in [0.717, 1.165) is 25.7 Å². The summed E-state index contributed by atoms with van der Waals surface area (Å²) >= 11 is 0. The van der Waals surface area contributed by atoms with Gasteiger partial charge in [-0.1, -0.05) is 12.1 Å². The molecule has 0 aliphatic heterocycles. The maximum absolute atomic E-state index is 10.8. The first-order valence-corrected chi connectivity index (χ1v) is 6.26. The number of rotatable bonds is 4. The molecule has 0 atom stereocenters. The van der Waals surface area contributed by atoms with Gasteiger partial charge in [0.15, 0.2) is 0 Å². The van der Waals surface area contributed by atoms with Gasteiger partial charge in [0.2, 0.25) is 0 Å². The van der Waals surface area contributed by atoms with Gasteiger partial charge in [0, 0.05) is 12.1 Å². The quantitative estimate of drug-likeness (QED) is 0.657. The highest BCUT2D eigenvalue weighted by atomic mass is 16.6. The van der Waals surface area contributed by atoms with Gasteiger partial charge >= 0.3 is 0 Å². The van der Waals surface area contributed by atoms with Crippen LogP contribution in [0.4, 0.5) is 5.69 Å². The van der Waals surface area contributed by atoms with E-state index in [1.54, 1.807) is 18.2 Å². The second-order valence-electron chi connectivity index (χ2n) is 4.73. The highest BCUT2D eigenvalue weighted by Gasteiger charge is 2.20. The van der Waals surface area contributed by atoms with Crippen molar-refractivity contribution in [1.29, 1.82) is 0 Å². The molecule has 0 unspecified atom stereocenters. The number of benzene rings is 1. The molecule has 5 nitrogen and oxygen atoms in total. The minimum Gasteiger partial charge on any atom is -0.373 e. The summed E-state index contributed by atoms with van der Waals surface area (Å²) in [7, 11) is 0. The second kappa shape index (κ2) is 5.93. The van der Waals surface area contributed by atoms with Crippen molar-refractivity contribution < 1.29 is 9.66 Å². The SMILES string of the molecule is NC1CCC(OCc2ccccc2[N+](=O)[O-])CC1. The number of nitro benzene ring substituents is 1. The van der Waals surface area contributed by atoms with Crippen molar-refractivity contribution in [1.82, 2.24) is 0 Å². The van der Waals surface area contributed by atoms with Gasteiger partial charge in [-0.2, -0.15) is 0 Å². The number of nitrogens with two attached hydrogens (primary N) is 1. The molecule has 0 amide bonds. The molecule has 1 fully saturated rings. The highest BCUT2D eigenvalue weighted by molar-refractivity contribution is 5.39. The van der Waals surface area contributed by atoms with Crippen LogP contribution in [0.25, 0.3) is 0 Å². The summed E-state index contributed by atoms with van der Waals surface area (Å²) in [5.41, 5.74) is 6.59. The first kappa shape index (κ1) is 13.0. The molecule has 0 aromatic heterocycles. The van der Waals surface area contributed by atoms with Crippen LogP contribution in [0.15, 0.2) is 24.3 Å². The van der Waals surface area contributed by atoms with Crippen molar-refractivity contribution in [2.45, 2.75) is 44.4 Å². The third-order valence-electron chi connectivity index (χ3n) is 3.38. The smallest absolute Gasteiger partial charge is 0.274 e. The summed E-state index contributed by atoms with van der Waals surface area (Å²) in [5.74, 6) is 0. The molecule has 0 bridgehead atoms. The Morgan fingerprint density at radius 3 is 2.61 bits per heavy atom. The molecule has 0 saturated heterocycles. The number of nitro groups is 1. The number of hydrogen-bond donors (Lipinski definition) is 1. The van der Waals surface area contributed by atoms with Crippen molar-refractivity contribution in [3.8, 4) is 0 Å². The molecule has 18 heavy (non-hydrogen) atoms. The maximum atomic E-state index is 10.8. The monoisotopic (exact) mass is 250 g/mol. The average Bonchev–Trinajstić information content (AvgIpc) is 2.38. The largest absolute Gasteiger partial charge is 0.373 e. The molecule has 1 aliphatic carbocycles. The van der Waals surface area contributed by atoms with Crippen LogP contribution in [0, 0.1) is 10.1 Å². The second-order valence-corrected chi connectivity index (χ2v) is 4.73. The van der Waals surface area contributed by atoms with Gasteiger partial charge in [-0.15, -0.1) is 0 Å². The van der Waals surface area contributed by atoms with Gasteiger partial charge in [0.05, 0.1) is 23.2 Å². The van der Waals surface area contributed by atoms with E-state index < -0.39 is 0 Å². The molecule has 98 valence electrons. The van der Waals surface area contributed by atoms with Crippen LogP contribution in [-0.4, -0.2) is 17.1 Å². The highest BCUT2D eigenvalue weighted by Crippen LogP contribution is 2.23. The van der Waals surface area contributed by atoms with Crippen molar-refractivity contribution >= 4 is 5.69 Å². The van der Waals surface area contributed by atoms with Gasteiger partial charge in [-0.25, -0.2) is 0 Å². The Morgan fingerprint density at radius 2 is 1.94 bits per heavy atom. The van der Waals surface area contributed by atoms with Crippen LogP contribution in [0.2, 0.25) is 0 Å². The Bertz CT molecular complexity index is 414. The average molecular weight is 250 g/mol. The Labute approximate surface area is 106 Å². The topological polar surface area (TPSA) is 78.4 Å². The molecule has 0 spiro atoms. The fourth-order valence-corrected chi connectivity index (χ4v) is 2.27. The number of nitrogens with zero attached hydrogens (tertiary/aromatic N) is 1. The van der Waals surface area contributed by atoms with E-state index >= 15 is 0 Å². The zero-order chi connectivity index (χ0) is 13.0. The fourth-order valence-electron chi connectivity index (χ4n) is 2.27. The lowest BCUT2D eigenvalue weighted by atomic mass is 9.94. The molecule has 0 radical (unpaired) electrons. The summed E-state index contributed by atoms with van der Waals surface area (Å²) in [6.07, 6.45) is 4.02. The minimum atomic E-state index is -0.366. The number of ether oxygens (including phenoxy) is 1. The van der Waals surface area contributed by atoms with Crippen LogP contribution in [-0.2, 0) is 11.3 Å². The molecule has 1 aromatic carbocycles. The van der Waals surface area contributed by atoms with Crippen molar-refractivity contribution in [2.24, 2.45) is 5.73 Å². The van der Waals surface area contributed by atoms with E-state index in [0.29, 0.717) is 12.2 Å². The van der Waals surface area contributed by atoms with Crippen molar-refractivity contribution in [3.05, 3.63) is 39.9 Å². The Kier molecular flexibility index (Phi) is 4.28. The molecular weight excluding hydrogens is 232 g/mol. The van der Waals surface area contributed by atoms with Crippen LogP contribution in [0.3, 0.4) is 0 Å². The van der Waals surface area contributed by atoms with E-state index in [1.807, 2.05) is 0 Å². The maximum Gasteiger partial charge on any atom is 0.274 e. The van der Waals surface area contributed by atoms with Crippen LogP contribution in [0.1, 0.15) is 31.2 Å². The molecule has 1 aromatic rings. The summed E-state index contributed by atoms with van der Waals surface area (Å²) in [6, 6.07) is 7.00. The molecule has 1 saturated carbocycles. The van der Waals surface area contributed by atoms with E-state index in [4.69, 9.17) is 10.5 Å². The molecule has 2 N–H and O–H groups in total. The Hall–Kier alpha value is -1.46. The molecule has 1 aliphatic rings. The zero-order valence-electron chi connectivity index (χ0n) is 10.2. The standard InChI is InChI=1S/C13H18N2O3/c14-11-5-7-12(8-6-11)18-9-10-3-1-2-4-13(10)15(16)17/h1-4,11-12H,5-9,14H2.